The molecule has 3 atom stereocenters. The first kappa shape index (κ1) is 21.6. The number of ether oxygens (including phenoxy) is 1. The quantitative estimate of drug-likeness (QED) is 0.317. The van der Waals surface area contributed by atoms with Gasteiger partial charge in [0.2, 0.25) is 0 Å². The molecule has 0 aliphatic heterocycles. The van der Waals surface area contributed by atoms with Crippen LogP contribution in [-0.2, 0) is 4.79 Å². The highest BCUT2D eigenvalue weighted by molar-refractivity contribution is 6.01. The standard InChI is InChI=1S/C21H22O9/c1-11(20(25)26)7-12(22)9-21(2,27)17(23)10-29-19-13-3-4-18(24)30-16(13)8-15-14(19)5-6-28-15/h3-8,12,17,22-23,27H,9-10H2,1-2H3,(H,25,26)/b11-7+/t12-,17-,21+/m0/s1. The molecule has 2 aromatic heterocycles. The van der Waals surface area contributed by atoms with Crippen LogP contribution in [0.4, 0.5) is 0 Å². The van der Waals surface area contributed by atoms with Gasteiger partial charge in [-0.3, -0.25) is 0 Å². The van der Waals surface area contributed by atoms with E-state index in [4.69, 9.17) is 18.7 Å². The Morgan fingerprint density at radius 2 is 1.93 bits per heavy atom. The molecule has 0 saturated heterocycles. The molecule has 160 valence electrons. The second-order valence-corrected chi connectivity index (χ2v) is 7.31. The number of carboxylic acid groups (broad SMARTS) is 1. The Hall–Kier alpha value is -3.14. The van der Waals surface area contributed by atoms with E-state index in [0.717, 1.165) is 6.08 Å². The minimum Gasteiger partial charge on any atom is -0.489 e. The summed E-state index contributed by atoms with van der Waals surface area (Å²) in [5.41, 5.74) is -1.74. The van der Waals surface area contributed by atoms with Crippen molar-refractivity contribution < 1.29 is 38.8 Å². The van der Waals surface area contributed by atoms with Gasteiger partial charge in [-0.25, -0.2) is 9.59 Å². The molecule has 0 radical (unpaired) electrons. The Balaban J connectivity index is 1.81. The summed E-state index contributed by atoms with van der Waals surface area (Å²) in [5, 5.41) is 41.0. The highest BCUT2D eigenvalue weighted by Crippen LogP contribution is 2.35. The monoisotopic (exact) mass is 418 g/mol. The van der Waals surface area contributed by atoms with Crippen molar-refractivity contribution in [1.29, 1.82) is 0 Å². The van der Waals surface area contributed by atoms with Gasteiger partial charge in [-0.1, -0.05) is 0 Å². The van der Waals surface area contributed by atoms with Crippen molar-refractivity contribution in [3.05, 3.63) is 52.6 Å². The molecule has 0 unspecified atom stereocenters. The maximum atomic E-state index is 11.5. The molecule has 0 saturated carbocycles. The molecule has 3 rings (SSSR count). The summed E-state index contributed by atoms with van der Waals surface area (Å²) >= 11 is 0. The van der Waals surface area contributed by atoms with Crippen molar-refractivity contribution in [2.45, 2.75) is 38.1 Å². The van der Waals surface area contributed by atoms with Gasteiger partial charge in [0.05, 0.1) is 28.7 Å². The molecular formula is C21H22O9. The van der Waals surface area contributed by atoms with Gasteiger partial charge in [0.15, 0.2) is 0 Å². The fourth-order valence-corrected chi connectivity index (χ4v) is 3.09. The first-order valence-electron chi connectivity index (χ1n) is 9.15. The third-order valence-electron chi connectivity index (χ3n) is 4.81. The molecule has 2 heterocycles. The zero-order valence-electron chi connectivity index (χ0n) is 16.4. The first-order chi connectivity index (χ1) is 14.1. The van der Waals surface area contributed by atoms with Crippen molar-refractivity contribution >= 4 is 27.9 Å². The van der Waals surface area contributed by atoms with Crippen LogP contribution in [0.15, 0.2) is 55.8 Å². The van der Waals surface area contributed by atoms with Crippen LogP contribution in [0.1, 0.15) is 20.3 Å². The van der Waals surface area contributed by atoms with Crippen LogP contribution in [-0.4, -0.2) is 50.8 Å². The fraction of sp³-hybridized carbons (Fsp3) is 0.333. The molecule has 0 aliphatic rings. The molecule has 0 aliphatic carbocycles. The normalized spacial score (nSPS) is 16.4. The number of aliphatic carboxylic acids is 1. The lowest BCUT2D eigenvalue weighted by atomic mass is 9.91. The van der Waals surface area contributed by atoms with Crippen molar-refractivity contribution in [1.82, 2.24) is 0 Å². The number of furan rings is 1. The van der Waals surface area contributed by atoms with E-state index >= 15 is 0 Å². The number of benzene rings is 1. The lowest BCUT2D eigenvalue weighted by Crippen LogP contribution is -2.45. The van der Waals surface area contributed by atoms with Gasteiger partial charge in [0.1, 0.15) is 29.6 Å². The van der Waals surface area contributed by atoms with Gasteiger partial charge in [-0.05, 0) is 32.1 Å². The predicted molar refractivity (Wildman–Crippen MR) is 106 cm³/mol. The summed E-state index contributed by atoms with van der Waals surface area (Å²) in [5.74, 6) is -0.888. The van der Waals surface area contributed by atoms with E-state index < -0.39 is 29.4 Å². The summed E-state index contributed by atoms with van der Waals surface area (Å²) in [7, 11) is 0. The Bertz CT molecular complexity index is 1150. The molecule has 0 bridgehead atoms. The average Bonchev–Trinajstić information content (AvgIpc) is 3.12. The molecule has 0 spiro atoms. The summed E-state index contributed by atoms with van der Waals surface area (Å²) in [6, 6.07) is 5.97. The topological polar surface area (TPSA) is 151 Å². The number of aliphatic hydroxyl groups excluding tert-OH is 2. The Labute approximate surface area is 170 Å². The number of carboxylic acids is 1. The molecular weight excluding hydrogens is 396 g/mol. The van der Waals surface area contributed by atoms with Crippen molar-refractivity contribution in [3.8, 4) is 5.75 Å². The molecule has 9 nitrogen and oxygen atoms in total. The summed E-state index contributed by atoms with van der Waals surface area (Å²) < 4.78 is 16.3. The number of fused-ring (bicyclic) bond motifs is 2. The van der Waals surface area contributed by atoms with Crippen LogP contribution >= 0.6 is 0 Å². The van der Waals surface area contributed by atoms with E-state index in [9.17, 15) is 24.9 Å². The summed E-state index contributed by atoms with van der Waals surface area (Å²) in [6.45, 7) is 2.28. The Morgan fingerprint density at radius 1 is 1.23 bits per heavy atom. The minimum atomic E-state index is -1.78. The SMILES string of the molecule is C/C(=C\[C@H](O)C[C@@](C)(O)[C@@H](O)COc1c2ccoc2cc2oc(=O)ccc12)C(=O)O. The van der Waals surface area contributed by atoms with Crippen LogP contribution < -0.4 is 10.4 Å². The number of aliphatic hydroxyl groups is 3. The van der Waals surface area contributed by atoms with Crippen molar-refractivity contribution in [3.63, 3.8) is 0 Å². The largest absolute Gasteiger partial charge is 0.489 e. The van der Waals surface area contributed by atoms with Gasteiger partial charge in [0.25, 0.3) is 0 Å². The zero-order chi connectivity index (χ0) is 22.1. The number of carbonyl (C=O) groups is 1. The Kier molecular flexibility index (Phi) is 5.97. The smallest absolute Gasteiger partial charge is 0.336 e. The number of rotatable bonds is 8. The summed E-state index contributed by atoms with van der Waals surface area (Å²) in [6.07, 6.45) is -0.481. The minimum absolute atomic E-state index is 0.0800. The Morgan fingerprint density at radius 3 is 2.63 bits per heavy atom. The molecule has 0 amide bonds. The van der Waals surface area contributed by atoms with Crippen LogP contribution in [0.2, 0.25) is 0 Å². The molecule has 0 fully saturated rings. The van der Waals surface area contributed by atoms with E-state index in [1.54, 1.807) is 12.1 Å². The van der Waals surface area contributed by atoms with E-state index in [2.05, 4.69) is 0 Å². The molecule has 3 aromatic rings. The number of hydrogen-bond acceptors (Lipinski definition) is 8. The van der Waals surface area contributed by atoms with E-state index in [-0.39, 0.29) is 24.2 Å². The van der Waals surface area contributed by atoms with Gasteiger partial charge < -0.3 is 34.0 Å². The summed E-state index contributed by atoms with van der Waals surface area (Å²) in [4.78, 5) is 22.4. The van der Waals surface area contributed by atoms with E-state index in [1.165, 1.54) is 32.2 Å². The maximum Gasteiger partial charge on any atom is 0.336 e. The van der Waals surface area contributed by atoms with Crippen molar-refractivity contribution in [2.24, 2.45) is 0 Å². The zero-order valence-corrected chi connectivity index (χ0v) is 16.4. The third kappa shape index (κ3) is 4.54. The molecule has 9 heteroatoms. The van der Waals surface area contributed by atoms with Crippen LogP contribution in [0.5, 0.6) is 5.75 Å². The van der Waals surface area contributed by atoms with E-state index in [1.807, 2.05) is 0 Å². The predicted octanol–water partition coefficient (Wildman–Crippen LogP) is 1.81. The van der Waals surface area contributed by atoms with Crippen LogP contribution in [0.25, 0.3) is 21.9 Å². The maximum absolute atomic E-state index is 11.5. The van der Waals surface area contributed by atoms with Gasteiger partial charge in [0, 0.05) is 24.1 Å². The highest BCUT2D eigenvalue weighted by atomic mass is 16.5. The lowest BCUT2D eigenvalue weighted by molar-refractivity contribution is -0.132. The average molecular weight is 418 g/mol. The number of hydrogen-bond donors (Lipinski definition) is 4. The second kappa shape index (κ2) is 8.31. The first-order valence-corrected chi connectivity index (χ1v) is 9.15. The van der Waals surface area contributed by atoms with Crippen LogP contribution in [0, 0.1) is 0 Å². The lowest BCUT2D eigenvalue weighted by Gasteiger charge is -2.30. The van der Waals surface area contributed by atoms with Gasteiger partial charge >= 0.3 is 11.6 Å². The van der Waals surface area contributed by atoms with Crippen LogP contribution in [0.3, 0.4) is 0 Å². The van der Waals surface area contributed by atoms with E-state index in [0.29, 0.717) is 22.1 Å². The second-order valence-electron chi connectivity index (χ2n) is 7.31. The molecule has 1 aromatic carbocycles. The van der Waals surface area contributed by atoms with Crippen molar-refractivity contribution in [2.75, 3.05) is 6.61 Å². The van der Waals surface area contributed by atoms with Gasteiger partial charge in [-0.2, -0.15) is 0 Å². The third-order valence-corrected chi connectivity index (χ3v) is 4.81. The molecule has 4 N–H and O–H groups in total. The van der Waals surface area contributed by atoms with Gasteiger partial charge in [-0.15, -0.1) is 0 Å². The fourth-order valence-electron chi connectivity index (χ4n) is 3.09. The molecule has 30 heavy (non-hydrogen) atoms. The highest BCUT2D eigenvalue weighted by Gasteiger charge is 2.33.